The van der Waals surface area contributed by atoms with Gasteiger partial charge >= 0.3 is 0 Å². The summed E-state index contributed by atoms with van der Waals surface area (Å²) in [5.41, 5.74) is 0.355. The molecule has 0 spiro atoms. The Hall–Kier alpha value is -1.30. The van der Waals surface area contributed by atoms with Crippen LogP contribution in [0.25, 0.3) is 0 Å². The number of carbonyl (C=O) groups excluding carboxylic acids is 1. The predicted molar refractivity (Wildman–Crippen MR) is 71.5 cm³/mol. The molecule has 0 aliphatic rings. The first-order valence-electron chi connectivity index (χ1n) is 5.62. The highest BCUT2D eigenvalue weighted by atomic mass is 32.2. The molecule has 0 saturated heterocycles. The molecule has 17 heavy (non-hydrogen) atoms. The fraction of sp³-hybridized carbons (Fsp3) is 0.545. The maximum absolute atomic E-state index is 11.6. The van der Waals surface area contributed by atoms with Crippen LogP contribution < -0.4 is 10.6 Å². The van der Waals surface area contributed by atoms with Crippen molar-refractivity contribution in [3.8, 4) is 0 Å². The molecule has 94 valence electrons. The van der Waals surface area contributed by atoms with Gasteiger partial charge in [-0.25, -0.2) is 0 Å². The third kappa shape index (κ3) is 5.04. The van der Waals surface area contributed by atoms with Gasteiger partial charge in [-0.15, -0.1) is 10.2 Å². The van der Waals surface area contributed by atoms with Gasteiger partial charge in [-0.1, -0.05) is 6.92 Å². The lowest BCUT2D eigenvalue weighted by Crippen LogP contribution is -2.26. The fourth-order valence-corrected chi connectivity index (χ4v) is 1.46. The summed E-state index contributed by atoms with van der Waals surface area (Å²) in [4.78, 5) is 11.6. The molecule has 0 radical (unpaired) electrons. The number of amides is 1. The second kappa shape index (κ2) is 7.89. The largest absolute Gasteiger partial charge is 0.369 e. The molecule has 5 nitrogen and oxygen atoms in total. The highest BCUT2D eigenvalue weighted by Crippen LogP contribution is 2.02. The van der Waals surface area contributed by atoms with E-state index in [0.29, 0.717) is 18.1 Å². The second-order valence-corrected chi connectivity index (χ2v) is 4.46. The Morgan fingerprint density at radius 3 is 2.76 bits per heavy atom. The standard InChI is InChI=1S/C11H18N4OS/c1-3-6-12-10-5-4-9(14-15-10)11(16)13-7-8-17-2/h4-5H,3,6-8H2,1-2H3,(H,12,15)(H,13,16). The Kier molecular flexibility index (Phi) is 6.39. The lowest BCUT2D eigenvalue weighted by Gasteiger charge is -2.04. The van der Waals surface area contributed by atoms with E-state index in [9.17, 15) is 4.79 Å². The third-order valence-corrected chi connectivity index (χ3v) is 2.66. The van der Waals surface area contributed by atoms with Gasteiger partial charge in [0.1, 0.15) is 5.82 Å². The van der Waals surface area contributed by atoms with E-state index in [4.69, 9.17) is 0 Å². The average molecular weight is 254 g/mol. The van der Waals surface area contributed by atoms with Crippen molar-refractivity contribution in [1.82, 2.24) is 15.5 Å². The van der Waals surface area contributed by atoms with Crippen molar-refractivity contribution in [2.75, 3.05) is 30.4 Å². The number of nitrogens with one attached hydrogen (secondary N) is 2. The van der Waals surface area contributed by atoms with Crippen molar-refractivity contribution in [1.29, 1.82) is 0 Å². The van der Waals surface area contributed by atoms with E-state index < -0.39 is 0 Å². The molecule has 1 amide bonds. The smallest absolute Gasteiger partial charge is 0.271 e. The summed E-state index contributed by atoms with van der Waals surface area (Å²) in [6.45, 7) is 3.58. The summed E-state index contributed by atoms with van der Waals surface area (Å²) in [5.74, 6) is 1.43. The maximum Gasteiger partial charge on any atom is 0.271 e. The molecule has 0 fully saturated rings. The van der Waals surface area contributed by atoms with Crippen LogP contribution in [0.4, 0.5) is 5.82 Å². The molecule has 0 atom stereocenters. The number of thioether (sulfide) groups is 1. The van der Waals surface area contributed by atoms with Crippen molar-refractivity contribution < 1.29 is 4.79 Å². The molecule has 0 aliphatic heterocycles. The first-order chi connectivity index (χ1) is 8.27. The maximum atomic E-state index is 11.6. The van der Waals surface area contributed by atoms with Crippen LogP contribution in [-0.2, 0) is 0 Å². The van der Waals surface area contributed by atoms with Crippen LogP contribution >= 0.6 is 11.8 Å². The molecule has 6 heteroatoms. The predicted octanol–water partition coefficient (Wildman–Crippen LogP) is 1.39. The molecule has 2 N–H and O–H groups in total. The normalized spacial score (nSPS) is 10.0. The molecule has 0 unspecified atom stereocenters. The number of hydrogen-bond acceptors (Lipinski definition) is 5. The summed E-state index contributed by atoms with van der Waals surface area (Å²) in [7, 11) is 0. The molecule has 0 aromatic carbocycles. The van der Waals surface area contributed by atoms with Gasteiger partial charge in [0.15, 0.2) is 5.69 Å². The van der Waals surface area contributed by atoms with Crippen LogP contribution in [0.15, 0.2) is 12.1 Å². The Morgan fingerprint density at radius 1 is 1.35 bits per heavy atom. The molecule has 1 rings (SSSR count). The number of carbonyl (C=O) groups is 1. The van der Waals surface area contributed by atoms with E-state index >= 15 is 0 Å². The van der Waals surface area contributed by atoms with Crippen molar-refractivity contribution >= 4 is 23.5 Å². The first kappa shape index (κ1) is 13.8. The molecule has 0 aliphatic carbocycles. The van der Waals surface area contributed by atoms with Crippen LogP contribution in [0.1, 0.15) is 23.8 Å². The zero-order valence-corrected chi connectivity index (χ0v) is 11.0. The van der Waals surface area contributed by atoms with E-state index in [1.54, 1.807) is 23.9 Å². The molecular weight excluding hydrogens is 236 g/mol. The van der Waals surface area contributed by atoms with E-state index in [1.165, 1.54) is 0 Å². The van der Waals surface area contributed by atoms with Crippen LogP contribution in [-0.4, -0.2) is 41.2 Å². The zero-order valence-electron chi connectivity index (χ0n) is 10.2. The van der Waals surface area contributed by atoms with Gasteiger partial charge in [0, 0.05) is 18.8 Å². The topological polar surface area (TPSA) is 66.9 Å². The summed E-state index contributed by atoms with van der Waals surface area (Å²) in [5, 5.41) is 13.7. The van der Waals surface area contributed by atoms with Gasteiger partial charge in [-0.2, -0.15) is 11.8 Å². The number of anilines is 1. The minimum atomic E-state index is -0.173. The van der Waals surface area contributed by atoms with Gasteiger partial charge in [0.05, 0.1) is 0 Å². The number of nitrogens with zero attached hydrogens (tertiary/aromatic N) is 2. The Balaban J connectivity index is 2.46. The highest BCUT2D eigenvalue weighted by Gasteiger charge is 2.06. The summed E-state index contributed by atoms with van der Waals surface area (Å²) >= 11 is 1.69. The quantitative estimate of drug-likeness (QED) is 0.720. The van der Waals surface area contributed by atoms with Crippen molar-refractivity contribution in [3.05, 3.63) is 17.8 Å². The van der Waals surface area contributed by atoms with E-state index in [-0.39, 0.29) is 5.91 Å². The first-order valence-corrected chi connectivity index (χ1v) is 7.02. The van der Waals surface area contributed by atoms with E-state index in [2.05, 4.69) is 27.8 Å². The minimum absolute atomic E-state index is 0.173. The molecule has 1 heterocycles. The molecular formula is C11H18N4OS. The van der Waals surface area contributed by atoms with Crippen LogP contribution in [0.3, 0.4) is 0 Å². The summed E-state index contributed by atoms with van der Waals surface area (Å²) in [6, 6.07) is 3.45. The van der Waals surface area contributed by atoms with Crippen LogP contribution in [0.2, 0.25) is 0 Å². The zero-order chi connectivity index (χ0) is 12.5. The lowest BCUT2D eigenvalue weighted by atomic mass is 10.3. The fourth-order valence-electron chi connectivity index (χ4n) is 1.16. The minimum Gasteiger partial charge on any atom is -0.369 e. The van der Waals surface area contributed by atoms with E-state index in [0.717, 1.165) is 18.7 Å². The molecule has 1 aromatic rings. The Labute approximate surface area is 106 Å². The lowest BCUT2D eigenvalue weighted by molar-refractivity contribution is 0.0950. The van der Waals surface area contributed by atoms with Gasteiger partial charge < -0.3 is 10.6 Å². The van der Waals surface area contributed by atoms with Gasteiger partial charge in [-0.3, -0.25) is 4.79 Å². The van der Waals surface area contributed by atoms with Gasteiger partial charge in [0.2, 0.25) is 0 Å². The van der Waals surface area contributed by atoms with Gasteiger partial charge in [-0.05, 0) is 24.8 Å². The van der Waals surface area contributed by atoms with Crippen LogP contribution in [0.5, 0.6) is 0 Å². The van der Waals surface area contributed by atoms with Gasteiger partial charge in [0.25, 0.3) is 5.91 Å². The third-order valence-electron chi connectivity index (χ3n) is 2.05. The van der Waals surface area contributed by atoms with E-state index in [1.807, 2.05) is 6.26 Å². The van der Waals surface area contributed by atoms with Crippen molar-refractivity contribution in [3.63, 3.8) is 0 Å². The molecule has 0 bridgehead atoms. The average Bonchev–Trinajstić information content (AvgIpc) is 2.37. The number of rotatable bonds is 7. The molecule has 0 saturated carbocycles. The number of hydrogen-bond donors (Lipinski definition) is 2. The van der Waals surface area contributed by atoms with Crippen LogP contribution in [0, 0.1) is 0 Å². The second-order valence-electron chi connectivity index (χ2n) is 3.48. The summed E-state index contributed by atoms with van der Waals surface area (Å²) in [6.07, 6.45) is 3.03. The van der Waals surface area contributed by atoms with Crippen molar-refractivity contribution in [2.24, 2.45) is 0 Å². The number of aromatic nitrogens is 2. The monoisotopic (exact) mass is 254 g/mol. The highest BCUT2D eigenvalue weighted by molar-refractivity contribution is 7.98. The molecule has 1 aromatic heterocycles. The summed E-state index contributed by atoms with van der Waals surface area (Å²) < 4.78 is 0. The SMILES string of the molecule is CCCNc1ccc(C(=O)NCCSC)nn1. The Morgan fingerprint density at radius 2 is 2.18 bits per heavy atom. The Bertz CT molecular complexity index is 342. The van der Waals surface area contributed by atoms with Crippen molar-refractivity contribution in [2.45, 2.75) is 13.3 Å².